The van der Waals surface area contributed by atoms with Crippen LogP contribution in [0.5, 0.6) is 11.5 Å². The Kier molecular flexibility index (Phi) is 6.99. The van der Waals surface area contributed by atoms with E-state index in [0.29, 0.717) is 47.0 Å². The second-order valence-electron chi connectivity index (χ2n) is 8.61. The van der Waals surface area contributed by atoms with Crippen LogP contribution in [0.2, 0.25) is 0 Å². The van der Waals surface area contributed by atoms with Gasteiger partial charge in [0.1, 0.15) is 11.5 Å². The fourth-order valence-corrected chi connectivity index (χ4v) is 4.87. The van der Waals surface area contributed by atoms with Gasteiger partial charge in [0.2, 0.25) is 5.91 Å². The van der Waals surface area contributed by atoms with E-state index in [0.717, 1.165) is 0 Å². The molecule has 1 aliphatic heterocycles. The molecule has 4 N–H and O–H groups in total. The molecule has 1 saturated heterocycles. The third-order valence-corrected chi connectivity index (χ3v) is 7.32. The minimum atomic E-state index is -4.10. The summed E-state index contributed by atoms with van der Waals surface area (Å²) in [6.45, 7) is 1.20. The lowest BCUT2D eigenvalue weighted by molar-refractivity contribution is -0.121. The van der Waals surface area contributed by atoms with Crippen LogP contribution in [0.25, 0.3) is 11.0 Å². The summed E-state index contributed by atoms with van der Waals surface area (Å²) in [5.74, 6) is 0.973. The van der Waals surface area contributed by atoms with Crippen LogP contribution in [0.1, 0.15) is 0 Å². The third-order valence-electron chi connectivity index (χ3n) is 5.98. The van der Waals surface area contributed by atoms with Gasteiger partial charge in [0.15, 0.2) is 11.6 Å². The molecule has 0 unspecified atom stereocenters. The van der Waals surface area contributed by atoms with E-state index in [1.165, 1.54) is 26.4 Å². The van der Waals surface area contributed by atoms with Gasteiger partial charge in [0, 0.05) is 42.7 Å². The molecule has 0 atom stereocenters. The summed E-state index contributed by atoms with van der Waals surface area (Å²) >= 11 is 0. The molecule has 1 aromatic heterocycles. The molecule has 4 aromatic rings. The average molecular weight is 535 g/mol. The van der Waals surface area contributed by atoms with E-state index >= 15 is 0 Å². The first kappa shape index (κ1) is 25.2. The number of hydrogen-bond donors (Lipinski definition) is 4. The largest absolute Gasteiger partial charge is 0.497 e. The molecule has 3 aromatic carbocycles. The van der Waals surface area contributed by atoms with Gasteiger partial charge < -0.3 is 25.4 Å². The highest BCUT2D eigenvalue weighted by molar-refractivity contribution is 7.92. The summed E-state index contributed by atoms with van der Waals surface area (Å²) in [5, 5.41) is 8.94. The van der Waals surface area contributed by atoms with Gasteiger partial charge in [-0.3, -0.25) is 9.52 Å². The molecule has 0 spiro atoms. The maximum atomic E-state index is 13.4. The number of para-hydroxylation sites is 2. The van der Waals surface area contributed by atoms with Crippen LogP contribution in [0.15, 0.2) is 71.6 Å². The van der Waals surface area contributed by atoms with Crippen molar-refractivity contribution >= 4 is 50.0 Å². The standard InChI is InChI=1S/C26H26N6O5S/c1-36-19-10-18(11-20(13-19)37-2)28-24-25(31-23-9-4-3-8-22(23)30-24)32-38(34,35)21-7-5-6-17(12-21)29-26(33)16-14-27-15-16/h3-13,16,27H,14-15H2,1-2H3,(H,28,30)(H,29,33)(H,31,32). The summed E-state index contributed by atoms with van der Waals surface area (Å²) in [7, 11) is -1.03. The van der Waals surface area contributed by atoms with Gasteiger partial charge in [-0.15, -0.1) is 0 Å². The molecule has 0 bridgehead atoms. The topological polar surface area (TPSA) is 144 Å². The number of benzene rings is 3. The molecule has 38 heavy (non-hydrogen) atoms. The summed E-state index contributed by atoms with van der Waals surface area (Å²) < 4.78 is 40.0. The van der Waals surface area contributed by atoms with Crippen LogP contribution in [-0.4, -0.2) is 51.6 Å². The van der Waals surface area contributed by atoms with Crippen LogP contribution in [0, 0.1) is 5.92 Å². The third kappa shape index (κ3) is 5.45. The Balaban J connectivity index is 1.48. The molecule has 11 nitrogen and oxygen atoms in total. The number of nitrogens with zero attached hydrogens (tertiary/aromatic N) is 2. The van der Waals surface area contributed by atoms with Crippen molar-refractivity contribution in [2.45, 2.75) is 4.90 Å². The van der Waals surface area contributed by atoms with E-state index in [1.54, 1.807) is 48.5 Å². The number of hydrogen-bond acceptors (Lipinski definition) is 9. The van der Waals surface area contributed by atoms with Gasteiger partial charge in [0.25, 0.3) is 10.0 Å². The molecule has 0 radical (unpaired) electrons. The van der Waals surface area contributed by atoms with Gasteiger partial charge in [0.05, 0.1) is 36.1 Å². The molecule has 12 heteroatoms. The first-order valence-electron chi connectivity index (χ1n) is 11.8. The van der Waals surface area contributed by atoms with Gasteiger partial charge in [-0.2, -0.15) is 0 Å². The van der Waals surface area contributed by atoms with Gasteiger partial charge in [-0.1, -0.05) is 18.2 Å². The lowest BCUT2D eigenvalue weighted by atomic mass is 10.0. The number of methoxy groups -OCH3 is 2. The highest BCUT2D eigenvalue weighted by atomic mass is 32.2. The number of sulfonamides is 1. The monoisotopic (exact) mass is 534 g/mol. The SMILES string of the molecule is COc1cc(Nc2nc3ccccc3nc2NS(=O)(=O)c2cccc(NC(=O)C3CNC3)c2)cc(OC)c1. The van der Waals surface area contributed by atoms with E-state index in [1.807, 2.05) is 6.07 Å². The number of anilines is 4. The molecular weight excluding hydrogens is 508 g/mol. The Morgan fingerprint density at radius 2 is 1.53 bits per heavy atom. The first-order valence-corrected chi connectivity index (χ1v) is 13.2. The number of ether oxygens (including phenoxy) is 2. The number of aromatic nitrogens is 2. The lowest BCUT2D eigenvalue weighted by Gasteiger charge is -2.25. The van der Waals surface area contributed by atoms with Crippen LogP contribution in [0.4, 0.5) is 23.0 Å². The van der Waals surface area contributed by atoms with Crippen molar-refractivity contribution < 1.29 is 22.7 Å². The minimum absolute atomic E-state index is 0.000433. The predicted molar refractivity (Wildman–Crippen MR) is 145 cm³/mol. The molecule has 1 fully saturated rings. The van der Waals surface area contributed by atoms with Crippen molar-refractivity contribution in [2.75, 3.05) is 42.7 Å². The fraction of sp³-hybridized carbons (Fsp3) is 0.192. The maximum Gasteiger partial charge on any atom is 0.263 e. The highest BCUT2D eigenvalue weighted by Crippen LogP contribution is 2.31. The highest BCUT2D eigenvalue weighted by Gasteiger charge is 2.25. The van der Waals surface area contributed by atoms with Crippen LogP contribution in [0.3, 0.4) is 0 Å². The zero-order valence-electron chi connectivity index (χ0n) is 20.7. The molecule has 2 heterocycles. The van der Waals surface area contributed by atoms with E-state index in [2.05, 4.69) is 30.6 Å². The number of carbonyl (C=O) groups is 1. The van der Waals surface area contributed by atoms with E-state index in [-0.39, 0.29) is 28.4 Å². The molecule has 1 aliphatic rings. The molecule has 0 saturated carbocycles. The van der Waals surface area contributed by atoms with Crippen molar-refractivity contribution in [3.05, 3.63) is 66.7 Å². The number of rotatable bonds is 9. The Morgan fingerprint density at radius 3 is 2.13 bits per heavy atom. The van der Waals surface area contributed by atoms with Gasteiger partial charge in [-0.05, 0) is 30.3 Å². The maximum absolute atomic E-state index is 13.4. The van der Waals surface area contributed by atoms with Gasteiger partial charge in [-0.25, -0.2) is 18.4 Å². The Bertz CT molecular complexity index is 1590. The Hall–Kier alpha value is -4.42. The number of carbonyl (C=O) groups excluding carboxylic acids is 1. The second kappa shape index (κ2) is 10.5. The van der Waals surface area contributed by atoms with Crippen molar-refractivity contribution in [3.63, 3.8) is 0 Å². The summed E-state index contributed by atoms with van der Waals surface area (Å²) in [6.07, 6.45) is 0. The zero-order chi connectivity index (χ0) is 26.7. The molecule has 5 rings (SSSR count). The summed E-state index contributed by atoms with van der Waals surface area (Å²) in [6, 6.07) is 18.3. The Morgan fingerprint density at radius 1 is 0.868 bits per heavy atom. The number of nitrogens with one attached hydrogen (secondary N) is 4. The van der Waals surface area contributed by atoms with E-state index in [4.69, 9.17) is 9.47 Å². The first-order chi connectivity index (χ1) is 18.3. The zero-order valence-corrected chi connectivity index (χ0v) is 21.5. The molecule has 1 amide bonds. The minimum Gasteiger partial charge on any atom is -0.497 e. The van der Waals surface area contributed by atoms with Gasteiger partial charge >= 0.3 is 0 Å². The van der Waals surface area contributed by atoms with Crippen LogP contribution >= 0.6 is 0 Å². The molecule has 0 aliphatic carbocycles. The van der Waals surface area contributed by atoms with Crippen molar-refractivity contribution in [1.82, 2.24) is 15.3 Å². The average Bonchev–Trinajstić information content (AvgIpc) is 2.87. The van der Waals surface area contributed by atoms with E-state index in [9.17, 15) is 13.2 Å². The van der Waals surface area contributed by atoms with Crippen molar-refractivity contribution in [3.8, 4) is 11.5 Å². The number of amides is 1. The van der Waals surface area contributed by atoms with Crippen molar-refractivity contribution in [1.29, 1.82) is 0 Å². The fourth-order valence-electron chi connectivity index (χ4n) is 3.82. The second-order valence-corrected chi connectivity index (χ2v) is 10.3. The summed E-state index contributed by atoms with van der Waals surface area (Å²) in [5.41, 5.74) is 2.02. The van der Waals surface area contributed by atoms with Crippen LogP contribution in [-0.2, 0) is 14.8 Å². The van der Waals surface area contributed by atoms with Crippen LogP contribution < -0.4 is 30.1 Å². The quantitative estimate of drug-likeness (QED) is 0.254. The lowest BCUT2D eigenvalue weighted by Crippen LogP contribution is -2.48. The number of fused-ring (bicyclic) bond motifs is 1. The smallest absolute Gasteiger partial charge is 0.263 e. The van der Waals surface area contributed by atoms with E-state index < -0.39 is 10.0 Å². The molecular formula is C26H26N6O5S. The Labute approximate surface area is 219 Å². The van der Waals surface area contributed by atoms with Crippen molar-refractivity contribution in [2.24, 2.45) is 5.92 Å². The predicted octanol–water partition coefficient (Wildman–Crippen LogP) is 3.35. The normalized spacial score (nSPS) is 13.4. The summed E-state index contributed by atoms with van der Waals surface area (Å²) in [4.78, 5) is 21.4. The molecule has 196 valence electrons.